The zero-order chi connectivity index (χ0) is 22.5. The quantitative estimate of drug-likeness (QED) is 0.670. The number of nitrogens with zero attached hydrogens (tertiary/aromatic N) is 2. The molecule has 2 saturated heterocycles. The number of likely N-dealkylation sites (tertiary alicyclic amines) is 1. The summed E-state index contributed by atoms with van der Waals surface area (Å²) < 4.78 is 0. The molecule has 0 bridgehead atoms. The largest absolute Gasteiger partial charge is 0.371 e. The molecular formula is C28H39N3O. The molecule has 1 amide bonds. The summed E-state index contributed by atoms with van der Waals surface area (Å²) in [5.41, 5.74) is 5.16. The van der Waals surface area contributed by atoms with Crippen LogP contribution in [0.1, 0.15) is 62.3 Å². The van der Waals surface area contributed by atoms with Gasteiger partial charge in [0.15, 0.2) is 0 Å². The summed E-state index contributed by atoms with van der Waals surface area (Å²) in [5, 5.41) is 3.27. The first kappa shape index (κ1) is 22.8. The fourth-order valence-corrected chi connectivity index (χ4v) is 5.23. The lowest BCUT2D eigenvalue weighted by atomic mass is 9.94. The van der Waals surface area contributed by atoms with E-state index >= 15 is 0 Å². The third-order valence-corrected chi connectivity index (χ3v) is 7.22. The molecule has 2 fully saturated rings. The minimum Gasteiger partial charge on any atom is -0.371 e. The van der Waals surface area contributed by atoms with E-state index in [-0.39, 0.29) is 17.9 Å². The molecule has 4 nitrogen and oxygen atoms in total. The molecule has 2 heterocycles. The van der Waals surface area contributed by atoms with E-state index in [4.69, 9.17) is 0 Å². The van der Waals surface area contributed by atoms with Gasteiger partial charge in [-0.05, 0) is 81.8 Å². The van der Waals surface area contributed by atoms with E-state index in [0.29, 0.717) is 0 Å². The molecule has 0 saturated carbocycles. The van der Waals surface area contributed by atoms with Crippen molar-refractivity contribution in [1.82, 2.24) is 10.2 Å². The van der Waals surface area contributed by atoms with Gasteiger partial charge in [-0.25, -0.2) is 0 Å². The van der Waals surface area contributed by atoms with E-state index in [1.807, 2.05) is 0 Å². The van der Waals surface area contributed by atoms with Gasteiger partial charge in [-0.3, -0.25) is 9.69 Å². The van der Waals surface area contributed by atoms with Gasteiger partial charge in [-0.1, -0.05) is 48.9 Å². The van der Waals surface area contributed by atoms with Crippen LogP contribution in [-0.4, -0.2) is 37.0 Å². The monoisotopic (exact) mass is 433 g/mol. The number of nitrogens with one attached hydrogen (secondary N) is 1. The normalized spacial score (nSPS) is 21.3. The summed E-state index contributed by atoms with van der Waals surface area (Å²) in [4.78, 5) is 17.9. The number of carbonyl (C=O) groups excluding carboxylic acids is 1. The third-order valence-electron chi connectivity index (χ3n) is 7.22. The fourth-order valence-electron chi connectivity index (χ4n) is 5.23. The summed E-state index contributed by atoms with van der Waals surface area (Å²) in [5.74, 6) is 1.10. The number of anilines is 1. The van der Waals surface area contributed by atoms with Crippen LogP contribution < -0.4 is 10.2 Å². The maximum Gasteiger partial charge on any atom is 0.223 e. The molecule has 2 atom stereocenters. The van der Waals surface area contributed by atoms with Gasteiger partial charge in [-0.2, -0.15) is 0 Å². The predicted molar refractivity (Wildman–Crippen MR) is 133 cm³/mol. The number of piperidine rings is 2. The topological polar surface area (TPSA) is 35.6 Å². The van der Waals surface area contributed by atoms with E-state index in [0.717, 1.165) is 51.5 Å². The number of amides is 1. The van der Waals surface area contributed by atoms with Crippen LogP contribution in [0.3, 0.4) is 0 Å². The molecule has 0 aliphatic carbocycles. The third kappa shape index (κ3) is 5.92. The summed E-state index contributed by atoms with van der Waals surface area (Å²) >= 11 is 0. The fraction of sp³-hybridized carbons (Fsp3) is 0.536. The number of aryl methyl sites for hydroxylation is 1. The Balaban J connectivity index is 1.25. The number of carbonyl (C=O) groups is 1. The van der Waals surface area contributed by atoms with E-state index in [1.165, 1.54) is 35.2 Å². The van der Waals surface area contributed by atoms with Gasteiger partial charge in [0, 0.05) is 31.2 Å². The van der Waals surface area contributed by atoms with Crippen LogP contribution in [0.15, 0.2) is 48.5 Å². The van der Waals surface area contributed by atoms with Crippen LogP contribution >= 0.6 is 0 Å². The minimum atomic E-state index is 0.0437. The zero-order valence-corrected chi connectivity index (χ0v) is 20.0. The molecule has 0 aromatic heterocycles. The zero-order valence-electron chi connectivity index (χ0n) is 20.0. The highest BCUT2D eigenvalue weighted by molar-refractivity contribution is 5.79. The van der Waals surface area contributed by atoms with Crippen LogP contribution in [0.4, 0.5) is 5.69 Å². The van der Waals surface area contributed by atoms with Crippen molar-refractivity contribution in [2.75, 3.05) is 31.1 Å². The Hall–Kier alpha value is -2.33. The van der Waals surface area contributed by atoms with Crippen molar-refractivity contribution in [3.05, 3.63) is 65.2 Å². The van der Waals surface area contributed by atoms with Crippen molar-refractivity contribution < 1.29 is 4.79 Å². The Morgan fingerprint density at radius 3 is 2.50 bits per heavy atom. The average molecular weight is 434 g/mol. The number of benzene rings is 2. The molecule has 2 aromatic carbocycles. The molecular weight excluding hydrogens is 394 g/mol. The second-order valence-corrected chi connectivity index (χ2v) is 10.1. The lowest BCUT2D eigenvalue weighted by molar-refractivity contribution is -0.127. The standard InChI is InChI=1S/C28H39N3O/c1-21-6-4-8-24(18-21)20-30-16-13-26(14-17-30)28(32)29-23(3)25-9-11-27(12-10-25)31-15-5-7-22(2)19-31/h4,6,8-12,18,22-23,26H,5,7,13-17,19-20H2,1-3H3,(H,29,32). The number of rotatable bonds is 6. The first-order valence-corrected chi connectivity index (χ1v) is 12.4. The van der Waals surface area contributed by atoms with Crippen molar-refractivity contribution in [2.24, 2.45) is 11.8 Å². The molecule has 4 rings (SSSR count). The van der Waals surface area contributed by atoms with E-state index in [2.05, 4.69) is 84.4 Å². The minimum absolute atomic E-state index is 0.0437. The maximum atomic E-state index is 12.9. The van der Waals surface area contributed by atoms with Gasteiger partial charge in [0.2, 0.25) is 5.91 Å². The highest BCUT2D eigenvalue weighted by atomic mass is 16.1. The van der Waals surface area contributed by atoms with E-state index in [1.54, 1.807) is 0 Å². The molecule has 0 spiro atoms. The average Bonchev–Trinajstić information content (AvgIpc) is 2.79. The molecule has 32 heavy (non-hydrogen) atoms. The van der Waals surface area contributed by atoms with Gasteiger partial charge >= 0.3 is 0 Å². The summed E-state index contributed by atoms with van der Waals surface area (Å²) in [6, 6.07) is 17.6. The highest BCUT2D eigenvalue weighted by Crippen LogP contribution is 2.25. The van der Waals surface area contributed by atoms with Crippen LogP contribution in [0.2, 0.25) is 0 Å². The predicted octanol–water partition coefficient (Wildman–Crippen LogP) is 5.32. The second kappa shape index (κ2) is 10.5. The Morgan fingerprint density at radius 1 is 1.06 bits per heavy atom. The summed E-state index contributed by atoms with van der Waals surface area (Å²) in [6.45, 7) is 11.8. The van der Waals surface area contributed by atoms with E-state index < -0.39 is 0 Å². The summed E-state index contributed by atoms with van der Waals surface area (Å²) in [6.07, 6.45) is 4.49. The SMILES string of the molecule is Cc1cccc(CN2CCC(C(=O)NC(C)c3ccc(N4CCCC(C)C4)cc3)CC2)c1. The lowest BCUT2D eigenvalue weighted by Gasteiger charge is -2.33. The Morgan fingerprint density at radius 2 is 1.81 bits per heavy atom. The Bertz CT molecular complexity index is 886. The smallest absolute Gasteiger partial charge is 0.223 e. The van der Waals surface area contributed by atoms with Gasteiger partial charge in [0.25, 0.3) is 0 Å². The van der Waals surface area contributed by atoms with Crippen molar-refractivity contribution in [3.63, 3.8) is 0 Å². The molecule has 2 aromatic rings. The van der Waals surface area contributed by atoms with Crippen molar-refractivity contribution in [3.8, 4) is 0 Å². The van der Waals surface area contributed by atoms with Crippen LogP contribution in [0.5, 0.6) is 0 Å². The molecule has 2 aliphatic rings. The molecule has 0 radical (unpaired) electrons. The first-order valence-electron chi connectivity index (χ1n) is 12.4. The van der Waals surface area contributed by atoms with Crippen molar-refractivity contribution in [1.29, 1.82) is 0 Å². The maximum absolute atomic E-state index is 12.9. The van der Waals surface area contributed by atoms with Crippen molar-refractivity contribution in [2.45, 2.75) is 59.0 Å². The number of hydrogen-bond acceptors (Lipinski definition) is 3. The Kier molecular flexibility index (Phi) is 7.51. The first-order chi connectivity index (χ1) is 15.5. The van der Waals surface area contributed by atoms with Crippen LogP contribution in [-0.2, 0) is 11.3 Å². The highest BCUT2D eigenvalue weighted by Gasteiger charge is 2.26. The summed E-state index contributed by atoms with van der Waals surface area (Å²) in [7, 11) is 0. The number of hydrogen-bond donors (Lipinski definition) is 1. The lowest BCUT2D eigenvalue weighted by Crippen LogP contribution is -2.40. The van der Waals surface area contributed by atoms with Gasteiger partial charge in [0.05, 0.1) is 6.04 Å². The molecule has 1 N–H and O–H groups in total. The van der Waals surface area contributed by atoms with Crippen LogP contribution in [0.25, 0.3) is 0 Å². The molecule has 172 valence electrons. The van der Waals surface area contributed by atoms with Gasteiger partial charge in [0.1, 0.15) is 0 Å². The molecule has 2 unspecified atom stereocenters. The van der Waals surface area contributed by atoms with Crippen LogP contribution in [0, 0.1) is 18.8 Å². The van der Waals surface area contributed by atoms with Crippen molar-refractivity contribution >= 4 is 11.6 Å². The Labute approximate surface area is 194 Å². The van der Waals surface area contributed by atoms with Gasteiger partial charge < -0.3 is 10.2 Å². The van der Waals surface area contributed by atoms with E-state index in [9.17, 15) is 4.79 Å². The molecule has 2 aliphatic heterocycles. The van der Waals surface area contributed by atoms with Gasteiger partial charge in [-0.15, -0.1) is 0 Å². The molecule has 4 heteroatoms. The second-order valence-electron chi connectivity index (χ2n) is 10.1.